The predicted octanol–water partition coefficient (Wildman–Crippen LogP) is -1.88. The molecule has 0 aliphatic carbocycles. The van der Waals surface area contributed by atoms with Gasteiger partial charge in [-0.2, -0.15) is 4.57 Å². The van der Waals surface area contributed by atoms with Crippen molar-refractivity contribution in [1.82, 2.24) is 30.1 Å². The zero-order chi connectivity index (χ0) is 32.6. The smallest absolute Gasteiger partial charge is 0.347 e. The number of carbonyl (C=O) groups is 4. The molecule has 2 amide bonds. The van der Waals surface area contributed by atoms with Crippen LogP contribution in [0.2, 0.25) is 4.34 Å². The van der Waals surface area contributed by atoms with E-state index >= 15 is 0 Å². The Balaban J connectivity index is 1.36. The van der Waals surface area contributed by atoms with E-state index in [1.165, 1.54) is 18.7 Å². The monoisotopic (exact) mass is 678 g/mol. The van der Waals surface area contributed by atoms with E-state index in [-0.39, 0.29) is 33.2 Å². The number of anilines is 2. The summed E-state index contributed by atoms with van der Waals surface area (Å²) in [5.41, 5.74) is 12.7. The highest BCUT2D eigenvalue weighted by atomic mass is 35.5. The van der Waals surface area contributed by atoms with Crippen molar-refractivity contribution in [1.29, 1.82) is 0 Å². The van der Waals surface area contributed by atoms with Gasteiger partial charge in [-0.1, -0.05) is 28.1 Å². The summed E-state index contributed by atoms with van der Waals surface area (Å²) in [5, 5.41) is 29.8. The second kappa shape index (κ2) is 12.9. The van der Waals surface area contributed by atoms with E-state index in [2.05, 4.69) is 25.8 Å². The summed E-state index contributed by atoms with van der Waals surface area (Å²) >= 11 is 8.25. The normalized spacial score (nSPS) is 18.9. The van der Waals surface area contributed by atoms with Gasteiger partial charge >= 0.3 is 5.97 Å². The van der Waals surface area contributed by atoms with Crippen LogP contribution in [-0.4, -0.2) is 90.9 Å². The van der Waals surface area contributed by atoms with Gasteiger partial charge in [-0.25, -0.2) is 14.8 Å². The highest BCUT2D eigenvalue weighted by molar-refractivity contribution is 8.00. The molecule has 5 heterocycles. The number of nitrogens with one attached hydrogen (secondary N) is 2. The molecule has 1 fully saturated rings. The van der Waals surface area contributed by atoms with Crippen LogP contribution in [0, 0.1) is 0 Å². The van der Waals surface area contributed by atoms with E-state index < -0.39 is 47.0 Å². The van der Waals surface area contributed by atoms with Crippen LogP contribution in [0.15, 0.2) is 34.9 Å². The molecule has 2 aliphatic heterocycles. The summed E-state index contributed by atoms with van der Waals surface area (Å²) in [6.07, 6.45) is 2.09. The number of carboxylic acid groups (broad SMARTS) is 2. The van der Waals surface area contributed by atoms with Crippen LogP contribution in [0.25, 0.3) is 11.0 Å². The number of thiazole rings is 1. The third kappa shape index (κ3) is 6.23. The molecule has 3 aromatic heterocycles. The molecule has 0 bridgehead atoms. The average Bonchev–Trinajstić information content (AvgIpc) is 3.49. The highest BCUT2D eigenvalue weighted by Gasteiger charge is 2.53. The largest absolute Gasteiger partial charge is 0.543 e. The van der Waals surface area contributed by atoms with Gasteiger partial charge in [0.2, 0.25) is 12.1 Å². The molecule has 45 heavy (non-hydrogen) atoms. The fraction of sp³-hybridized carbons (Fsp3) is 0.360. The number of pyridine rings is 1. The second-order valence-corrected chi connectivity index (χ2v) is 12.7. The Morgan fingerprint density at radius 1 is 1.36 bits per heavy atom. The van der Waals surface area contributed by atoms with Crippen molar-refractivity contribution in [3.8, 4) is 0 Å². The van der Waals surface area contributed by atoms with Crippen molar-refractivity contribution in [2.75, 3.05) is 30.8 Å². The summed E-state index contributed by atoms with van der Waals surface area (Å²) in [6.45, 7) is 2.62. The molecule has 2 aliphatic rings. The molecular formula is C25H27ClN10O7S2. The molecular weight excluding hydrogens is 652 g/mol. The molecule has 17 nitrogen and oxygen atoms in total. The first-order chi connectivity index (χ1) is 21.4. The van der Waals surface area contributed by atoms with Gasteiger partial charge in [0.15, 0.2) is 35.3 Å². The Bertz CT molecular complexity index is 1770. The van der Waals surface area contributed by atoms with Crippen molar-refractivity contribution in [2.24, 2.45) is 5.16 Å². The molecule has 1 saturated heterocycles. The lowest BCUT2D eigenvalue weighted by Crippen LogP contribution is -2.71. The number of hydrogen-bond acceptors (Lipinski definition) is 14. The fourth-order valence-electron chi connectivity index (χ4n) is 4.75. The second-order valence-electron chi connectivity index (χ2n) is 9.91. The van der Waals surface area contributed by atoms with Gasteiger partial charge in [-0.05, 0) is 14.0 Å². The van der Waals surface area contributed by atoms with Gasteiger partial charge in [0.05, 0.1) is 17.2 Å². The molecule has 20 heteroatoms. The van der Waals surface area contributed by atoms with Crippen molar-refractivity contribution in [3.63, 3.8) is 0 Å². The number of rotatable bonds is 12. The minimum atomic E-state index is -1.54. The number of carbonyl (C=O) groups excluding carboxylic acids is 3. The molecule has 0 aromatic carbocycles. The number of amides is 2. The average molecular weight is 679 g/mol. The predicted molar refractivity (Wildman–Crippen MR) is 162 cm³/mol. The standard InChI is InChI=1S/C25H27ClN10O7S2/c1-10(22(39)40)43-33-15(14-18(26)45-25(28)32-14)19(37)31-16-20(38)36-17(23(41)42)11(9-44-21(16)36)7-34-5-3-13-12(8-34)30-24(27)35(13)6-4-29-2/h3,5,8,10,16,21,29H,4,6-7,9H2,1-2H3,(H6-,27,28,30,31,32,37,39,40,41,42)/b33-15-/t10-,16+,21?/m0/s1. The Labute approximate surface area is 267 Å². The Morgan fingerprint density at radius 3 is 2.76 bits per heavy atom. The van der Waals surface area contributed by atoms with Crippen LogP contribution < -0.4 is 31.8 Å². The Morgan fingerprint density at radius 2 is 2.11 bits per heavy atom. The Kier molecular flexibility index (Phi) is 9.14. The van der Waals surface area contributed by atoms with Crippen LogP contribution in [0.4, 0.5) is 11.1 Å². The molecule has 5 rings (SSSR count). The first-order valence-corrected chi connectivity index (χ1v) is 15.5. The number of β-lactam (4-membered cyclic amide) rings is 1. The van der Waals surface area contributed by atoms with Gasteiger partial charge in [0.1, 0.15) is 21.4 Å². The number of fused-ring (bicyclic) bond motifs is 2. The number of nitrogen functional groups attached to an aromatic ring is 2. The van der Waals surface area contributed by atoms with Crippen molar-refractivity contribution in [3.05, 3.63) is 39.8 Å². The van der Waals surface area contributed by atoms with E-state index in [0.29, 0.717) is 30.1 Å². The molecule has 3 atom stereocenters. The lowest BCUT2D eigenvalue weighted by molar-refractivity contribution is -0.687. The zero-order valence-electron chi connectivity index (χ0n) is 23.7. The topological polar surface area (TPSA) is 247 Å². The SMILES string of the molecule is CNCCn1c(N)nc2c[n+](CC3=C(C(=O)[O-])N4C(=O)[C@@H](NC(=O)/C(=N\O[C@@H](C)C(=O)O)c5nc(N)sc5Cl)C4SC3)ccc21. The Hall–Kier alpha value is -4.46. The van der Waals surface area contributed by atoms with E-state index in [1.807, 2.05) is 17.7 Å². The number of nitrogens with zero attached hydrogens (tertiary/aromatic N) is 6. The van der Waals surface area contributed by atoms with Gasteiger partial charge in [-0.15, -0.1) is 11.8 Å². The summed E-state index contributed by atoms with van der Waals surface area (Å²) in [4.78, 5) is 64.4. The van der Waals surface area contributed by atoms with Gasteiger partial charge in [-0.3, -0.25) is 14.5 Å². The maximum Gasteiger partial charge on any atom is 0.347 e. The van der Waals surface area contributed by atoms with E-state index in [9.17, 15) is 24.3 Å². The number of aromatic nitrogens is 4. The van der Waals surface area contributed by atoms with Gasteiger partial charge in [0, 0.05) is 30.5 Å². The van der Waals surface area contributed by atoms with Crippen molar-refractivity contribution < 1.29 is 38.8 Å². The maximum atomic E-state index is 13.3. The third-order valence-corrected chi connectivity index (χ3v) is 9.38. The van der Waals surface area contributed by atoms with Crippen molar-refractivity contribution >= 4 is 86.3 Å². The number of imidazole rings is 1. The van der Waals surface area contributed by atoms with Crippen LogP contribution in [-0.2, 0) is 37.1 Å². The molecule has 0 saturated carbocycles. The summed E-state index contributed by atoms with van der Waals surface area (Å²) < 4.78 is 3.59. The first-order valence-electron chi connectivity index (χ1n) is 13.3. The van der Waals surface area contributed by atoms with Gasteiger partial charge < -0.3 is 46.5 Å². The van der Waals surface area contributed by atoms with Crippen LogP contribution in [0.3, 0.4) is 0 Å². The fourth-order valence-corrected chi connectivity index (χ4v) is 7.02. The summed E-state index contributed by atoms with van der Waals surface area (Å²) in [5.74, 6) is -3.98. The number of halogens is 1. The highest BCUT2D eigenvalue weighted by Crippen LogP contribution is 2.40. The van der Waals surface area contributed by atoms with Crippen LogP contribution in [0.5, 0.6) is 0 Å². The number of hydrogen-bond donors (Lipinski definition) is 5. The lowest BCUT2D eigenvalue weighted by atomic mass is 10.0. The van der Waals surface area contributed by atoms with E-state index in [1.54, 1.807) is 17.0 Å². The minimum absolute atomic E-state index is 0.00872. The molecule has 3 aromatic rings. The zero-order valence-corrected chi connectivity index (χ0v) is 26.1. The quantitative estimate of drug-likeness (QED) is 0.0610. The van der Waals surface area contributed by atoms with Crippen LogP contribution in [0.1, 0.15) is 12.6 Å². The molecule has 238 valence electrons. The number of nitrogens with two attached hydrogens (primary N) is 2. The maximum absolute atomic E-state index is 13.3. The lowest BCUT2D eigenvalue weighted by Gasteiger charge is -2.50. The van der Waals surface area contributed by atoms with Crippen LogP contribution >= 0.6 is 34.7 Å². The van der Waals surface area contributed by atoms with E-state index in [0.717, 1.165) is 21.8 Å². The van der Waals surface area contributed by atoms with E-state index in [4.69, 9.17) is 33.0 Å². The number of thioether (sulfide) groups is 1. The molecule has 0 radical (unpaired) electrons. The minimum Gasteiger partial charge on any atom is -0.543 e. The third-order valence-electron chi connectivity index (χ3n) is 6.95. The molecule has 7 N–H and O–H groups in total. The summed E-state index contributed by atoms with van der Waals surface area (Å²) in [7, 11) is 1.83. The van der Waals surface area contributed by atoms with Crippen molar-refractivity contribution in [2.45, 2.75) is 37.5 Å². The number of carboxylic acids is 2. The van der Waals surface area contributed by atoms with Gasteiger partial charge in [0.25, 0.3) is 11.8 Å². The summed E-state index contributed by atoms with van der Waals surface area (Å²) in [6, 6.07) is 0.679. The number of oxime groups is 1. The number of likely N-dealkylation sites (N-methyl/N-ethyl adjacent to an activating group) is 1. The molecule has 1 unspecified atom stereocenters. The first kappa shape index (κ1) is 31.9. The number of aliphatic carboxylic acids is 2. The molecule has 0 spiro atoms.